The summed E-state index contributed by atoms with van der Waals surface area (Å²) < 4.78 is 22.2. The Hall–Kier alpha value is -3.82. The number of quaternary nitrogens is 1. The maximum absolute atomic E-state index is 13.8. The Morgan fingerprint density at radius 1 is 1.11 bits per heavy atom. The normalized spacial score (nSPS) is 18.6. The van der Waals surface area contributed by atoms with Gasteiger partial charge in [0.1, 0.15) is 30.2 Å². The van der Waals surface area contributed by atoms with Crippen molar-refractivity contribution in [1.29, 1.82) is 0 Å². The van der Waals surface area contributed by atoms with E-state index in [9.17, 15) is 14.7 Å². The van der Waals surface area contributed by atoms with Crippen LogP contribution in [0.15, 0.2) is 64.3 Å². The predicted octanol–water partition coefficient (Wildman–Crippen LogP) is 1.14. The third kappa shape index (κ3) is 4.80. The van der Waals surface area contributed by atoms with Crippen LogP contribution >= 0.6 is 0 Å². The van der Waals surface area contributed by atoms with Gasteiger partial charge in [0.2, 0.25) is 11.7 Å². The number of nitrogens with one attached hydrogen (secondary N) is 1. The zero-order valence-electron chi connectivity index (χ0n) is 21.0. The molecule has 0 saturated carbocycles. The van der Waals surface area contributed by atoms with Gasteiger partial charge in [-0.05, 0) is 36.1 Å². The van der Waals surface area contributed by atoms with Crippen molar-refractivity contribution in [3.05, 3.63) is 71.2 Å². The fourth-order valence-corrected chi connectivity index (χ4v) is 5.11. The van der Waals surface area contributed by atoms with E-state index in [1.54, 1.807) is 36.4 Å². The van der Waals surface area contributed by atoms with Gasteiger partial charge < -0.3 is 33.5 Å². The van der Waals surface area contributed by atoms with E-state index in [0.717, 1.165) is 25.0 Å². The Morgan fingerprint density at radius 2 is 1.89 bits per heavy atom. The van der Waals surface area contributed by atoms with Crippen LogP contribution in [0.5, 0.6) is 11.5 Å². The molecule has 1 fully saturated rings. The second-order valence-electron chi connectivity index (χ2n) is 9.20. The van der Waals surface area contributed by atoms with Crippen LogP contribution in [0.1, 0.15) is 28.6 Å². The highest BCUT2D eigenvalue weighted by molar-refractivity contribution is 6.15. The number of carbonyl (C=O) groups is 2. The molecule has 2 aliphatic rings. The summed E-state index contributed by atoms with van der Waals surface area (Å²) in [7, 11) is 3.04. The van der Waals surface area contributed by atoms with Crippen LogP contribution in [0.4, 0.5) is 0 Å². The van der Waals surface area contributed by atoms with E-state index in [1.807, 2.05) is 12.1 Å². The lowest BCUT2D eigenvalue weighted by Gasteiger charge is -2.30. The lowest BCUT2D eigenvalue weighted by Crippen LogP contribution is -3.14. The molecular formula is C28H30N2O7. The summed E-state index contributed by atoms with van der Waals surface area (Å²) in [5.74, 6) is -1.14. The number of fused-ring (bicyclic) bond motifs is 1. The number of para-hydroxylation sites is 1. The molecule has 3 heterocycles. The number of hydrogen-bond donors (Lipinski definition) is 1. The summed E-state index contributed by atoms with van der Waals surface area (Å²) in [5, 5.41) is 14.1. The molecule has 1 amide bonds. The van der Waals surface area contributed by atoms with Crippen molar-refractivity contribution in [2.45, 2.75) is 12.5 Å². The number of methoxy groups -OCH3 is 2. The summed E-state index contributed by atoms with van der Waals surface area (Å²) in [6.07, 6.45) is 0.670. The van der Waals surface area contributed by atoms with Crippen LogP contribution in [-0.2, 0) is 9.53 Å². The average Bonchev–Trinajstić information content (AvgIpc) is 3.48. The first kappa shape index (κ1) is 24.9. The van der Waals surface area contributed by atoms with Crippen molar-refractivity contribution in [2.75, 3.05) is 53.6 Å². The summed E-state index contributed by atoms with van der Waals surface area (Å²) in [6, 6.07) is 13.0. The first-order chi connectivity index (χ1) is 18.0. The van der Waals surface area contributed by atoms with Crippen molar-refractivity contribution < 1.29 is 38.2 Å². The summed E-state index contributed by atoms with van der Waals surface area (Å²) in [5.41, 5.74) is 0.901. The van der Waals surface area contributed by atoms with Crippen molar-refractivity contribution in [3.8, 4) is 11.5 Å². The number of Topliss-reactive ketones (excluding diaryl/α,β-unsaturated/α-hetero) is 1. The molecule has 9 heteroatoms. The van der Waals surface area contributed by atoms with Crippen molar-refractivity contribution in [3.63, 3.8) is 0 Å². The molecule has 1 atom stereocenters. The van der Waals surface area contributed by atoms with Gasteiger partial charge in [-0.2, -0.15) is 0 Å². The highest BCUT2D eigenvalue weighted by Crippen LogP contribution is 2.43. The summed E-state index contributed by atoms with van der Waals surface area (Å²) in [6.45, 7) is 4.38. The highest BCUT2D eigenvalue weighted by atomic mass is 16.5. The topological polar surface area (TPSA) is 106 Å². The molecule has 3 aromatic rings. The Bertz CT molecular complexity index is 1310. The first-order valence-corrected chi connectivity index (χ1v) is 12.4. The number of hydrogen-bond acceptors (Lipinski definition) is 7. The molecular weight excluding hydrogens is 476 g/mol. The molecule has 0 aliphatic carbocycles. The molecule has 0 bridgehead atoms. The summed E-state index contributed by atoms with van der Waals surface area (Å²) in [4.78, 5) is 29.9. The minimum atomic E-state index is -0.926. The molecule has 1 N–H and O–H groups in total. The van der Waals surface area contributed by atoms with E-state index in [4.69, 9.17) is 18.6 Å². The minimum absolute atomic E-state index is 0.0174. The first-order valence-electron chi connectivity index (χ1n) is 12.4. The average molecular weight is 507 g/mol. The van der Waals surface area contributed by atoms with Crippen LogP contribution in [-0.4, -0.2) is 70.2 Å². The van der Waals surface area contributed by atoms with Gasteiger partial charge in [0.15, 0.2) is 5.76 Å². The van der Waals surface area contributed by atoms with E-state index in [1.165, 1.54) is 24.0 Å². The van der Waals surface area contributed by atoms with Crippen molar-refractivity contribution in [2.24, 2.45) is 0 Å². The van der Waals surface area contributed by atoms with Crippen molar-refractivity contribution in [1.82, 2.24) is 4.90 Å². The van der Waals surface area contributed by atoms with Gasteiger partial charge in [0, 0.05) is 29.5 Å². The third-order valence-electron chi connectivity index (χ3n) is 7.04. The SMILES string of the molecule is COc1ccc(OC)c(C2C(C(=O)c3cc4ccccc4o3)=C([O-])C(=O)N2CCC[NH+]2CCOCC2)c1. The van der Waals surface area contributed by atoms with Crippen LogP contribution in [0.3, 0.4) is 0 Å². The van der Waals surface area contributed by atoms with E-state index >= 15 is 0 Å². The van der Waals surface area contributed by atoms with E-state index in [0.29, 0.717) is 48.8 Å². The number of rotatable bonds is 9. The number of ether oxygens (including phenoxy) is 3. The Labute approximate surface area is 214 Å². The standard InChI is InChI=1S/C28H30N2O7/c1-34-19-8-9-22(35-2)20(17-19)25-24(26(31)23-16-18-6-3-4-7-21(18)37-23)27(32)28(33)30(25)11-5-10-29-12-14-36-15-13-29/h3-4,6-9,16-17,25,32H,5,10-15H2,1-2H3. The number of amides is 1. The fraction of sp³-hybridized carbons (Fsp3) is 0.357. The monoisotopic (exact) mass is 506 g/mol. The number of nitrogens with zero attached hydrogens (tertiary/aromatic N) is 1. The van der Waals surface area contributed by atoms with E-state index in [-0.39, 0.29) is 11.3 Å². The largest absolute Gasteiger partial charge is 0.868 e. The Kier molecular flexibility index (Phi) is 7.16. The maximum Gasteiger partial charge on any atom is 0.239 e. The van der Waals surface area contributed by atoms with Gasteiger partial charge in [-0.1, -0.05) is 18.2 Å². The third-order valence-corrected chi connectivity index (χ3v) is 7.04. The fourth-order valence-electron chi connectivity index (χ4n) is 5.11. The maximum atomic E-state index is 13.8. The van der Waals surface area contributed by atoms with Crippen LogP contribution in [0.2, 0.25) is 0 Å². The Morgan fingerprint density at radius 3 is 2.62 bits per heavy atom. The quantitative estimate of drug-likeness (QED) is 0.434. The molecule has 1 unspecified atom stereocenters. The predicted molar refractivity (Wildman–Crippen MR) is 133 cm³/mol. The second kappa shape index (κ2) is 10.7. The van der Waals surface area contributed by atoms with Crippen LogP contribution < -0.4 is 19.5 Å². The molecule has 37 heavy (non-hydrogen) atoms. The molecule has 0 spiro atoms. The zero-order valence-corrected chi connectivity index (χ0v) is 21.0. The molecule has 9 nitrogen and oxygen atoms in total. The van der Waals surface area contributed by atoms with Gasteiger partial charge in [0.25, 0.3) is 0 Å². The number of morpholine rings is 1. The number of carbonyl (C=O) groups excluding carboxylic acids is 2. The molecule has 1 saturated heterocycles. The highest BCUT2D eigenvalue weighted by Gasteiger charge is 2.41. The molecule has 194 valence electrons. The van der Waals surface area contributed by atoms with E-state index < -0.39 is 23.5 Å². The molecule has 2 aromatic carbocycles. The minimum Gasteiger partial charge on any atom is -0.868 e. The van der Waals surface area contributed by atoms with Gasteiger partial charge in [0.05, 0.1) is 40.0 Å². The molecule has 0 radical (unpaired) electrons. The smallest absolute Gasteiger partial charge is 0.239 e. The number of furan rings is 1. The molecule has 1 aromatic heterocycles. The van der Waals surface area contributed by atoms with Crippen LogP contribution in [0, 0.1) is 0 Å². The van der Waals surface area contributed by atoms with Gasteiger partial charge in [-0.3, -0.25) is 9.59 Å². The summed E-state index contributed by atoms with van der Waals surface area (Å²) >= 11 is 0. The lowest BCUT2D eigenvalue weighted by molar-refractivity contribution is -0.908. The molecule has 2 aliphatic heterocycles. The van der Waals surface area contributed by atoms with Crippen LogP contribution in [0.25, 0.3) is 11.0 Å². The second-order valence-corrected chi connectivity index (χ2v) is 9.20. The number of benzene rings is 2. The van der Waals surface area contributed by atoms with Gasteiger partial charge in [-0.25, -0.2) is 0 Å². The van der Waals surface area contributed by atoms with Gasteiger partial charge >= 0.3 is 0 Å². The van der Waals surface area contributed by atoms with Gasteiger partial charge in [-0.15, -0.1) is 0 Å². The number of ketones is 1. The lowest BCUT2D eigenvalue weighted by atomic mass is 9.94. The Balaban J connectivity index is 1.52. The molecule has 5 rings (SSSR count). The van der Waals surface area contributed by atoms with Crippen molar-refractivity contribution >= 4 is 22.7 Å². The van der Waals surface area contributed by atoms with E-state index in [2.05, 4.69) is 0 Å². The zero-order chi connectivity index (χ0) is 25.9.